The van der Waals surface area contributed by atoms with Gasteiger partial charge in [0.1, 0.15) is 16.4 Å². The van der Waals surface area contributed by atoms with Gasteiger partial charge in [0.25, 0.3) is 5.91 Å². The minimum atomic E-state index is -0.370. The van der Waals surface area contributed by atoms with Crippen LogP contribution < -0.4 is 15.7 Å². The smallest absolute Gasteiger partial charge is 0.325 e. The number of aromatic nitrogens is 4. The van der Waals surface area contributed by atoms with Crippen LogP contribution in [-0.4, -0.2) is 25.8 Å². The monoisotopic (exact) mass is 381 g/mol. The molecule has 0 bridgehead atoms. The Kier molecular flexibility index (Phi) is 4.31. The van der Waals surface area contributed by atoms with Gasteiger partial charge < -0.3 is 15.0 Å². The molecule has 0 fully saturated rings. The van der Waals surface area contributed by atoms with Crippen molar-refractivity contribution in [2.24, 2.45) is 0 Å². The summed E-state index contributed by atoms with van der Waals surface area (Å²) in [5.41, 5.74) is 1.42. The summed E-state index contributed by atoms with van der Waals surface area (Å²) in [5.74, 6) is 0.593. The van der Waals surface area contributed by atoms with Gasteiger partial charge in [0.15, 0.2) is 11.4 Å². The molecule has 4 rings (SSSR count). The summed E-state index contributed by atoms with van der Waals surface area (Å²) < 4.78 is 5.84. The molecule has 3 N–H and O–H groups in total. The molecule has 0 saturated carbocycles. The Hall–Kier alpha value is -3.65. The standard InChI is InChI=1S/C18H12ClN5O3/c19-14-8-10(4-6-20-14)17(25)22-11-2-1-3-12(9-11)27-13-5-7-21-16-15(13)23-18(26)24-16/h1-9H,(H,22,25)(H2,21,23,24,26). The van der Waals surface area contributed by atoms with Crippen molar-refractivity contribution in [1.29, 1.82) is 0 Å². The minimum Gasteiger partial charge on any atom is -0.455 e. The maximum Gasteiger partial charge on any atom is 0.325 e. The Balaban J connectivity index is 1.57. The molecule has 0 unspecified atom stereocenters. The number of nitrogens with one attached hydrogen (secondary N) is 3. The second-order valence-corrected chi connectivity index (χ2v) is 5.95. The number of fused-ring (bicyclic) bond motifs is 1. The van der Waals surface area contributed by atoms with Crippen molar-refractivity contribution in [1.82, 2.24) is 19.9 Å². The van der Waals surface area contributed by atoms with Gasteiger partial charge in [-0.05, 0) is 24.3 Å². The highest BCUT2D eigenvalue weighted by atomic mass is 35.5. The normalized spacial score (nSPS) is 10.7. The van der Waals surface area contributed by atoms with Crippen molar-refractivity contribution in [3.05, 3.63) is 76.1 Å². The van der Waals surface area contributed by atoms with E-state index < -0.39 is 0 Å². The zero-order valence-electron chi connectivity index (χ0n) is 13.7. The molecular formula is C18H12ClN5O3. The van der Waals surface area contributed by atoms with Crippen molar-refractivity contribution in [3.8, 4) is 11.5 Å². The summed E-state index contributed by atoms with van der Waals surface area (Å²) in [6.45, 7) is 0. The number of anilines is 1. The van der Waals surface area contributed by atoms with Crippen LogP contribution in [0.15, 0.2) is 59.7 Å². The SMILES string of the molecule is O=C(Nc1cccc(Oc2ccnc3[nH]c(=O)[nH]c23)c1)c1ccnc(Cl)c1. The number of H-pyrrole nitrogens is 2. The maximum atomic E-state index is 12.3. The molecule has 9 heteroatoms. The molecule has 0 spiro atoms. The number of hydrogen-bond acceptors (Lipinski definition) is 5. The fraction of sp³-hybridized carbons (Fsp3) is 0. The number of aromatic amines is 2. The molecule has 3 heterocycles. The first kappa shape index (κ1) is 16.8. The number of imidazole rings is 1. The molecule has 1 amide bonds. The molecule has 1 aromatic carbocycles. The van der Waals surface area contributed by atoms with Gasteiger partial charge >= 0.3 is 5.69 Å². The van der Waals surface area contributed by atoms with Gasteiger partial charge in [-0.2, -0.15) is 0 Å². The van der Waals surface area contributed by atoms with Crippen molar-refractivity contribution < 1.29 is 9.53 Å². The number of ether oxygens (including phenoxy) is 1. The highest BCUT2D eigenvalue weighted by Gasteiger charge is 2.10. The van der Waals surface area contributed by atoms with Gasteiger partial charge in [-0.3, -0.25) is 9.78 Å². The third-order valence-electron chi connectivity index (χ3n) is 3.69. The Morgan fingerprint density at radius 3 is 2.78 bits per heavy atom. The van der Waals surface area contributed by atoms with E-state index in [0.717, 1.165) is 0 Å². The molecule has 0 saturated heterocycles. The summed E-state index contributed by atoms with van der Waals surface area (Å²) in [7, 11) is 0. The van der Waals surface area contributed by atoms with Gasteiger partial charge in [-0.15, -0.1) is 0 Å². The first-order valence-electron chi connectivity index (χ1n) is 7.86. The van der Waals surface area contributed by atoms with E-state index in [1.807, 2.05) is 0 Å². The van der Waals surface area contributed by atoms with Gasteiger partial charge in [-0.1, -0.05) is 17.7 Å². The number of nitrogens with zero attached hydrogens (tertiary/aromatic N) is 2. The van der Waals surface area contributed by atoms with Gasteiger partial charge in [0, 0.05) is 35.8 Å². The second kappa shape index (κ2) is 6.93. The summed E-state index contributed by atoms with van der Waals surface area (Å²) in [4.78, 5) is 36.9. The largest absolute Gasteiger partial charge is 0.455 e. The van der Waals surface area contributed by atoms with E-state index in [2.05, 4.69) is 25.3 Å². The number of amides is 1. The van der Waals surface area contributed by atoms with Crippen molar-refractivity contribution in [3.63, 3.8) is 0 Å². The van der Waals surface area contributed by atoms with E-state index in [1.165, 1.54) is 18.5 Å². The zero-order chi connectivity index (χ0) is 18.8. The van der Waals surface area contributed by atoms with E-state index in [-0.39, 0.29) is 16.8 Å². The molecule has 0 aliphatic rings. The lowest BCUT2D eigenvalue weighted by Crippen LogP contribution is -2.11. The van der Waals surface area contributed by atoms with E-state index in [0.29, 0.717) is 33.9 Å². The van der Waals surface area contributed by atoms with Gasteiger partial charge in [-0.25, -0.2) is 14.8 Å². The van der Waals surface area contributed by atoms with E-state index in [4.69, 9.17) is 16.3 Å². The third kappa shape index (κ3) is 3.65. The molecular weight excluding hydrogens is 370 g/mol. The molecule has 8 nitrogen and oxygen atoms in total. The summed E-state index contributed by atoms with van der Waals surface area (Å²) in [5, 5.41) is 3.01. The first-order valence-corrected chi connectivity index (χ1v) is 8.24. The second-order valence-electron chi connectivity index (χ2n) is 5.56. The summed E-state index contributed by atoms with van der Waals surface area (Å²) in [6.07, 6.45) is 2.99. The fourth-order valence-corrected chi connectivity index (χ4v) is 2.68. The molecule has 27 heavy (non-hydrogen) atoms. The predicted octanol–water partition coefficient (Wildman–Crippen LogP) is 3.34. The van der Waals surface area contributed by atoms with Crippen LogP contribution in [0.5, 0.6) is 11.5 Å². The minimum absolute atomic E-state index is 0.238. The van der Waals surface area contributed by atoms with Crippen LogP contribution in [-0.2, 0) is 0 Å². The van der Waals surface area contributed by atoms with Crippen LogP contribution >= 0.6 is 11.6 Å². The maximum absolute atomic E-state index is 12.3. The van der Waals surface area contributed by atoms with Crippen LogP contribution in [0.2, 0.25) is 5.15 Å². The van der Waals surface area contributed by atoms with E-state index in [9.17, 15) is 9.59 Å². The van der Waals surface area contributed by atoms with Crippen molar-refractivity contribution in [2.75, 3.05) is 5.32 Å². The summed E-state index contributed by atoms with van der Waals surface area (Å²) >= 11 is 5.81. The Morgan fingerprint density at radius 1 is 1.07 bits per heavy atom. The highest BCUT2D eigenvalue weighted by molar-refractivity contribution is 6.29. The average Bonchev–Trinajstić information content (AvgIpc) is 3.03. The average molecular weight is 382 g/mol. The number of halogens is 1. The van der Waals surface area contributed by atoms with Crippen molar-refractivity contribution in [2.45, 2.75) is 0 Å². The lowest BCUT2D eigenvalue weighted by molar-refractivity contribution is 0.102. The van der Waals surface area contributed by atoms with Crippen molar-refractivity contribution >= 4 is 34.4 Å². The number of benzene rings is 1. The topological polar surface area (TPSA) is 113 Å². The quantitative estimate of drug-likeness (QED) is 0.469. The molecule has 4 aromatic rings. The van der Waals surface area contributed by atoms with Gasteiger partial charge in [0.05, 0.1) is 0 Å². The van der Waals surface area contributed by atoms with Gasteiger partial charge in [0.2, 0.25) is 0 Å². The molecule has 3 aromatic heterocycles. The van der Waals surface area contributed by atoms with Crippen LogP contribution in [0.25, 0.3) is 11.2 Å². The Morgan fingerprint density at radius 2 is 1.93 bits per heavy atom. The number of hydrogen-bond donors (Lipinski definition) is 3. The number of carbonyl (C=O) groups excluding carboxylic acids is 1. The Labute approximate surface area is 157 Å². The molecule has 0 aliphatic heterocycles. The molecule has 0 aliphatic carbocycles. The number of carbonyl (C=O) groups is 1. The molecule has 134 valence electrons. The number of rotatable bonds is 4. The summed E-state index contributed by atoms with van der Waals surface area (Å²) in [6, 6.07) is 11.5. The zero-order valence-corrected chi connectivity index (χ0v) is 14.4. The lowest BCUT2D eigenvalue weighted by Gasteiger charge is -2.09. The van der Waals surface area contributed by atoms with E-state index >= 15 is 0 Å². The molecule has 0 radical (unpaired) electrons. The fourth-order valence-electron chi connectivity index (χ4n) is 2.51. The van der Waals surface area contributed by atoms with Crippen LogP contribution in [0.1, 0.15) is 10.4 Å². The van der Waals surface area contributed by atoms with Crippen LogP contribution in [0.4, 0.5) is 5.69 Å². The predicted molar refractivity (Wildman–Crippen MR) is 100 cm³/mol. The highest BCUT2D eigenvalue weighted by Crippen LogP contribution is 2.28. The molecule has 0 atom stereocenters. The number of pyridine rings is 2. The third-order valence-corrected chi connectivity index (χ3v) is 3.90. The Bertz CT molecular complexity index is 1200. The lowest BCUT2D eigenvalue weighted by atomic mass is 10.2. The first-order chi connectivity index (χ1) is 13.1. The van der Waals surface area contributed by atoms with Crippen LogP contribution in [0.3, 0.4) is 0 Å². The van der Waals surface area contributed by atoms with Crippen LogP contribution in [0, 0.1) is 0 Å². The van der Waals surface area contributed by atoms with E-state index in [1.54, 1.807) is 36.4 Å².